The van der Waals surface area contributed by atoms with E-state index in [-0.39, 0.29) is 5.91 Å². The Bertz CT molecular complexity index is 664. The number of hydrogen-bond acceptors (Lipinski definition) is 2. The molecule has 0 aliphatic carbocycles. The van der Waals surface area contributed by atoms with Crippen molar-refractivity contribution < 1.29 is 4.79 Å². The lowest BCUT2D eigenvalue weighted by Gasteiger charge is -2.13. The number of halogens is 4. The third kappa shape index (κ3) is 3.86. The molecule has 4 nitrogen and oxygen atoms in total. The zero-order valence-electron chi connectivity index (χ0n) is 10.9. The molecule has 0 fully saturated rings. The van der Waals surface area contributed by atoms with Gasteiger partial charge in [0.05, 0.1) is 15.7 Å². The summed E-state index contributed by atoms with van der Waals surface area (Å²) in [6, 6.07) is 4.80. The van der Waals surface area contributed by atoms with E-state index in [2.05, 4.69) is 26.8 Å². The average molecular weight is 412 g/mol. The van der Waals surface area contributed by atoms with Crippen molar-refractivity contribution in [3.63, 3.8) is 0 Å². The Morgan fingerprint density at radius 2 is 1.86 bits per heavy atom. The van der Waals surface area contributed by atoms with E-state index in [0.717, 1.165) is 4.47 Å². The molecule has 2 aromatic rings. The smallest absolute Gasteiger partial charge is 0.286 e. The fourth-order valence-electron chi connectivity index (χ4n) is 1.77. The number of aromatic nitrogens is 1. The van der Waals surface area contributed by atoms with E-state index in [1.54, 1.807) is 6.07 Å². The molecule has 2 N–H and O–H groups in total. The zero-order valence-corrected chi connectivity index (χ0v) is 14.7. The molecule has 2 rings (SSSR count). The summed E-state index contributed by atoms with van der Waals surface area (Å²) in [5.74, 6) is -0.301. The van der Waals surface area contributed by atoms with Gasteiger partial charge in [-0.15, -0.1) is 0 Å². The summed E-state index contributed by atoms with van der Waals surface area (Å²) in [5.41, 5.74) is 6.18. The highest BCUT2D eigenvalue weighted by atomic mass is 79.9. The molecule has 0 saturated heterocycles. The van der Waals surface area contributed by atoms with Crippen molar-refractivity contribution in [2.24, 2.45) is 0 Å². The molecule has 1 aromatic heterocycles. The van der Waals surface area contributed by atoms with Crippen LogP contribution in [0.3, 0.4) is 0 Å². The van der Waals surface area contributed by atoms with E-state index >= 15 is 0 Å². The van der Waals surface area contributed by atoms with Gasteiger partial charge < -0.3 is 4.57 Å². The summed E-state index contributed by atoms with van der Waals surface area (Å²) < 4.78 is 2.64. The summed E-state index contributed by atoms with van der Waals surface area (Å²) >= 11 is 21.2. The predicted molar refractivity (Wildman–Crippen MR) is 90.4 cm³/mol. The molecular weight excluding hydrogens is 400 g/mol. The first-order chi connectivity index (χ1) is 9.92. The quantitative estimate of drug-likeness (QED) is 0.697. The van der Waals surface area contributed by atoms with E-state index in [0.29, 0.717) is 33.0 Å². The fourth-order valence-corrected chi connectivity index (χ4v) is 3.15. The van der Waals surface area contributed by atoms with Crippen LogP contribution in [0.4, 0.5) is 5.69 Å². The Balaban J connectivity index is 2.15. The highest BCUT2D eigenvalue weighted by Crippen LogP contribution is 2.33. The van der Waals surface area contributed by atoms with Gasteiger partial charge >= 0.3 is 0 Å². The lowest BCUT2D eigenvalue weighted by molar-refractivity contribution is 0.0953. The lowest BCUT2D eigenvalue weighted by atomic mass is 10.3. The molecule has 112 valence electrons. The fraction of sp³-hybridized carbons (Fsp3) is 0.154. The Morgan fingerprint density at radius 3 is 2.43 bits per heavy atom. The number of benzene rings is 1. The topological polar surface area (TPSA) is 46.1 Å². The number of carbonyl (C=O) groups is 1. The van der Waals surface area contributed by atoms with Crippen LogP contribution in [0, 0.1) is 0 Å². The molecule has 1 heterocycles. The standard InChI is InChI=1S/C13H11BrCl3N3O/c1-2-20-6-7(14)3-11(20)13(21)19-18-12-9(16)4-8(15)5-10(12)17/h3-6,18H,2H2,1H3,(H,19,21). The first-order valence-electron chi connectivity index (χ1n) is 5.99. The van der Waals surface area contributed by atoms with Crippen LogP contribution in [0.15, 0.2) is 28.9 Å². The number of carbonyl (C=O) groups excluding carboxylic acids is 1. The normalized spacial score (nSPS) is 10.5. The Hall–Kier alpha value is -0.880. The van der Waals surface area contributed by atoms with E-state index in [4.69, 9.17) is 34.8 Å². The van der Waals surface area contributed by atoms with Crippen LogP contribution in [0.2, 0.25) is 15.1 Å². The van der Waals surface area contributed by atoms with Gasteiger partial charge in [-0.2, -0.15) is 0 Å². The maximum atomic E-state index is 12.2. The van der Waals surface area contributed by atoms with Gasteiger partial charge in [0.2, 0.25) is 0 Å². The SMILES string of the molecule is CCn1cc(Br)cc1C(=O)NNc1c(Cl)cc(Cl)cc1Cl. The van der Waals surface area contributed by atoms with E-state index in [9.17, 15) is 4.79 Å². The molecular formula is C13H11BrCl3N3O. The number of hydrazine groups is 1. The first-order valence-corrected chi connectivity index (χ1v) is 7.91. The van der Waals surface area contributed by atoms with E-state index in [1.807, 2.05) is 17.7 Å². The summed E-state index contributed by atoms with van der Waals surface area (Å²) in [5, 5.41) is 1.06. The van der Waals surface area contributed by atoms with Crippen molar-refractivity contribution in [3.8, 4) is 0 Å². The number of amides is 1. The third-order valence-corrected chi connectivity index (χ3v) is 3.99. The van der Waals surface area contributed by atoms with Gasteiger partial charge in [-0.05, 0) is 41.1 Å². The van der Waals surface area contributed by atoms with Crippen LogP contribution in [0.25, 0.3) is 0 Å². The summed E-state index contributed by atoms with van der Waals surface area (Å²) in [6.45, 7) is 2.63. The second-order valence-electron chi connectivity index (χ2n) is 4.15. The van der Waals surface area contributed by atoms with Crippen LogP contribution in [0.1, 0.15) is 17.4 Å². The van der Waals surface area contributed by atoms with E-state index in [1.165, 1.54) is 12.1 Å². The lowest BCUT2D eigenvalue weighted by Crippen LogP contribution is -2.31. The minimum Gasteiger partial charge on any atom is -0.343 e. The van der Waals surface area contributed by atoms with Gasteiger partial charge in [0.15, 0.2) is 0 Å². The van der Waals surface area contributed by atoms with Crippen molar-refractivity contribution >= 4 is 62.3 Å². The van der Waals surface area contributed by atoms with Gasteiger partial charge in [-0.25, -0.2) is 0 Å². The average Bonchev–Trinajstić information content (AvgIpc) is 2.78. The van der Waals surface area contributed by atoms with Crippen molar-refractivity contribution in [2.75, 3.05) is 5.43 Å². The molecule has 0 radical (unpaired) electrons. The van der Waals surface area contributed by atoms with E-state index < -0.39 is 0 Å². The summed E-state index contributed by atoms with van der Waals surface area (Å²) in [6.07, 6.45) is 1.83. The Labute approximate surface area is 145 Å². The predicted octanol–water partition coefficient (Wildman–Crippen LogP) is 4.99. The molecule has 0 saturated carbocycles. The second-order valence-corrected chi connectivity index (χ2v) is 6.32. The summed E-state index contributed by atoms with van der Waals surface area (Å²) in [7, 11) is 0. The molecule has 21 heavy (non-hydrogen) atoms. The summed E-state index contributed by atoms with van der Waals surface area (Å²) in [4.78, 5) is 12.2. The molecule has 1 aromatic carbocycles. The molecule has 0 aliphatic rings. The Morgan fingerprint density at radius 1 is 1.24 bits per heavy atom. The van der Waals surface area contributed by atoms with Crippen molar-refractivity contribution in [3.05, 3.63) is 49.6 Å². The van der Waals surface area contributed by atoms with Gasteiger partial charge in [-0.3, -0.25) is 15.6 Å². The van der Waals surface area contributed by atoms with Gasteiger partial charge in [0.1, 0.15) is 5.69 Å². The minimum atomic E-state index is -0.301. The maximum Gasteiger partial charge on any atom is 0.286 e. The molecule has 0 atom stereocenters. The monoisotopic (exact) mass is 409 g/mol. The van der Waals surface area contributed by atoms with Gasteiger partial charge in [0, 0.05) is 22.2 Å². The minimum absolute atomic E-state index is 0.301. The largest absolute Gasteiger partial charge is 0.343 e. The molecule has 0 unspecified atom stereocenters. The maximum absolute atomic E-state index is 12.2. The van der Waals surface area contributed by atoms with Gasteiger partial charge in [0.25, 0.3) is 5.91 Å². The second kappa shape index (κ2) is 6.92. The van der Waals surface area contributed by atoms with Crippen molar-refractivity contribution in [2.45, 2.75) is 13.5 Å². The first kappa shape index (κ1) is 16.5. The van der Waals surface area contributed by atoms with Crippen molar-refractivity contribution in [1.29, 1.82) is 0 Å². The van der Waals surface area contributed by atoms with Crippen LogP contribution in [-0.4, -0.2) is 10.5 Å². The number of nitrogens with one attached hydrogen (secondary N) is 2. The number of hydrogen-bond donors (Lipinski definition) is 2. The number of anilines is 1. The number of aryl methyl sites for hydroxylation is 1. The van der Waals surface area contributed by atoms with Gasteiger partial charge in [-0.1, -0.05) is 34.8 Å². The van der Waals surface area contributed by atoms with Crippen LogP contribution < -0.4 is 10.9 Å². The molecule has 0 aliphatic heterocycles. The van der Waals surface area contributed by atoms with Crippen LogP contribution in [0.5, 0.6) is 0 Å². The number of rotatable bonds is 4. The van der Waals surface area contributed by atoms with Crippen LogP contribution in [-0.2, 0) is 6.54 Å². The molecule has 8 heteroatoms. The Kier molecular flexibility index (Phi) is 5.43. The molecule has 0 bridgehead atoms. The zero-order chi connectivity index (χ0) is 15.6. The highest BCUT2D eigenvalue weighted by molar-refractivity contribution is 9.10. The molecule has 0 spiro atoms. The molecule has 1 amide bonds. The van der Waals surface area contributed by atoms with Crippen molar-refractivity contribution in [1.82, 2.24) is 9.99 Å². The third-order valence-electron chi connectivity index (χ3n) is 2.74. The van der Waals surface area contributed by atoms with Crippen LogP contribution >= 0.6 is 50.7 Å². The number of nitrogens with zero attached hydrogens (tertiary/aromatic N) is 1. The highest BCUT2D eigenvalue weighted by Gasteiger charge is 2.14.